The molecule has 4 nitrogen and oxygen atoms in total. The van der Waals surface area contributed by atoms with Gasteiger partial charge in [0.1, 0.15) is 0 Å². The highest BCUT2D eigenvalue weighted by Crippen LogP contribution is 2.30. The van der Waals surface area contributed by atoms with Gasteiger partial charge in [0.15, 0.2) is 11.5 Å². The first kappa shape index (κ1) is 18.4. The number of benzene rings is 2. The summed E-state index contributed by atoms with van der Waals surface area (Å²) >= 11 is 11.9. The van der Waals surface area contributed by atoms with Gasteiger partial charge in [-0.25, -0.2) is 0 Å². The lowest BCUT2D eigenvalue weighted by Gasteiger charge is -2.12. The molecular weight excluding hydrogens is 349 g/mol. The molecule has 128 valence electrons. The van der Waals surface area contributed by atoms with Crippen LogP contribution in [0.5, 0.6) is 11.5 Å². The number of carbonyl (C=O) groups is 1. The number of rotatable bonds is 7. The number of unbranched alkanes of at least 4 members (excludes halogenated alkanes) is 1. The molecule has 1 amide bonds. The number of amides is 1. The average Bonchev–Trinajstić information content (AvgIpc) is 2.57. The lowest BCUT2D eigenvalue weighted by Crippen LogP contribution is -2.12. The number of nitrogens with one attached hydrogen (secondary N) is 1. The minimum Gasteiger partial charge on any atom is -0.493 e. The van der Waals surface area contributed by atoms with Crippen LogP contribution in [0.2, 0.25) is 10.0 Å². The van der Waals surface area contributed by atoms with Crippen LogP contribution in [0, 0.1) is 0 Å². The topological polar surface area (TPSA) is 47.6 Å². The molecule has 0 aromatic heterocycles. The van der Waals surface area contributed by atoms with Gasteiger partial charge in [-0.05, 0) is 42.8 Å². The number of carbonyl (C=O) groups excluding carboxylic acids is 1. The van der Waals surface area contributed by atoms with Gasteiger partial charge in [0.2, 0.25) is 0 Å². The van der Waals surface area contributed by atoms with Gasteiger partial charge < -0.3 is 14.8 Å². The van der Waals surface area contributed by atoms with Crippen LogP contribution in [0.1, 0.15) is 30.1 Å². The van der Waals surface area contributed by atoms with Crippen molar-refractivity contribution in [1.29, 1.82) is 0 Å². The van der Waals surface area contributed by atoms with E-state index in [2.05, 4.69) is 12.2 Å². The Kier molecular flexibility index (Phi) is 6.76. The zero-order valence-electron chi connectivity index (χ0n) is 13.6. The maximum atomic E-state index is 12.4. The number of anilines is 1. The average molecular weight is 368 g/mol. The summed E-state index contributed by atoms with van der Waals surface area (Å²) in [5.74, 6) is 0.839. The zero-order valence-corrected chi connectivity index (χ0v) is 15.1. The van der Waals surface area contributed by atoms with E-state index in [9.17, 15) is 4.79 Å². The van der Waals surface area contributed by atoms with Crippen molar-refractivity contribution in [2.45, 2.75) is 19.8 Å². The molecule has 2 aromatic rings. The van der Waals surface area contributed by atoms with E-state index in [1.165, 1.54) is 0 Å². The van der Waals surface area contributed by atoms with Gasteiger partial charge in [0, 0.05) is 10.6 Å². The third-order valence-electron chi connectivity index (χ3n) is 3.36. The Balaban J connectivity index is 2.14. The van der Waals surface area contributed by atoms with Crippen LogP contribution in [0.3, 0.4) is 0 Å². The fourth-order valence-electron chi connectivity index (χ4n) is 2.04. The molecule has 24 heavy (non-hydrogen) atoms. The molecule has 0 aliphatic heterocycles. The summed E-state index contributed by atoms with van der Waals surface area (Å²) < 4.78 is 11.0. The van der Waals surface area contributed by atoms with Crippen molar-refractivity contribution in [3.63, 3.8) is 0 Å². The minimum absolute atomic E-state index is 0.294. The highest BCUT2D eigenvalue weighted by molar-refractivity contribution is 6.36. The molecule has 0 saturated carbocycles. The van der Waals surface area contributed by atoms with Gasteiger partial charge >= 0.3 is 0 Å². The number of hydrogen-bond donors (Lipinski definition) is 1. The van der Waals surface area contributed by atoms with Gasteiger partial charge in [-0.3, -0.25) is 4.79 Å². The summed E-state index contributed by atoms with van der Waals surface area (Å²) in [6.45, 7) is 2.70. The molecule has 2 rings (SSSR count). The van der Waals surface area contributed by atoms with Gasteiger partial charge in [-0.15, -0.1) is 0 Å². The molecule has 0 heterocycles. The molecule has 0 aliphatic rings. The maximum absolute atomic E-state index is 12.4. The monoisotopic (exact) mass is 367 g/mol. The van der Waals surface area contributed by atoms with Crippen LogP contribution in [-0.4, -0.2) is 19.6 Å². The second-order valence-electron chi connectivity index (χ2n) is 5.15. The zero-order chi connectivity index (χ0) is 17.5. The predicted molar refractivity (Wildman–Crippen MR) is 97.8 cm³/mol. The van der Waals surface area contributed by atoms with Crippen LogP contribution < -0.4 is 14.8 Å². The molecular formula is C18H19Cl2NO3. The molecule has 2 aromatic carbocycles. The second kappa shape index (κ2) is 8.81. The third kappa shape index (κ3) is 4.79. The predicted octanol–water partition coefficient (Wildman–Crippen LogP) is 5.43. The number of ether oxygens (including phenoxy) is 2. The summed E-state index contributed by atoms with van der Waals surface area (Å²) in [5, 5.41) is 3.64. The lowest BCUT2D eigenvalue weighted by molar-refractivity contribution is 0.102. The van der Waals surface area contributed by atoms with Crippen molar-refractivity contribution in [2.75, 3.05) is 19.0 Å². The molecule has 0 atom stereocenters. The Labute approximate surface area is 151 Å². The largest absolute Gasteiger partial charge is 0.493 e. The van der Waals surface area contributed by atoms with E-state index in [1.807, 2.05) is 0 Å². The first-order chi connectivity index (χ1) is 11.5. The lowest BCUT2D eigenvalue weighted by atomic mass is 10.1. The van der Waals surface area contributed by atoms with Crippen LogP contribution >= 0.6 is 23.2 Å². The van der Waals surface area contributed by atoms with E-state index >= 15 is 0 Å². The van der Waals surface area contributed by atoms with Gasteiger partial charge in [-0.1, -0.05) is 36.5 Å². The molecule has 0 fully saturated rings. The second-order valence-corrected chi connectivity index (χ2v) is 5.99. The van der Waals surface area contributed by atoms with Crippen LogP contribution in [0.4, 0.5) is 5.69 Å². The van der Waals surface area contributed by atoms with Crippen molar-refractivity contribution in [2.24, 2.45) is 0 Å². The fraction of sp³-hybridized carbons (Fsp3) is 0.278. The number of halogens is 2. The summed E-state index contributed by atoms with van der Waals surface area (Å²) in [4.78, 5) is 12.4. The summed E-state index contributed by atoms with van der Waals surface area (Å²) in [7, 11) is 1.54. The Hall–Kier alpha value is -1.91. The summed E-state index contributed by atoms with van der Waals surface area (Å²) in [5.41, 5.74) is 0.939. The Morgan fingerprint density at radius 1 is 1.12 bits per heavy atom. The first-order valence-corrected chi connectivity index (χ1v) is 8.38. The normalized spacial score (nSPS) is 10.3. The van der Waals surface area contributed by atoms with Gasteiger partial charge in [0.25, 0.3) is 5.91 Å². The Bertz CT molecular complexity index is 719. The highest BCUT2D eigenvalue weighted by atomic mass is 35.5. The van der Waals surface area contributed by atoms with Crippen LogP contribution in [0.25, 0.3) is 0 Å². The van der Waals surface area contributed by atoms with Crippen molar-refractivity contribution < 1.29 is 14.3 Å². The smallest absolute Gasteiger partial charge is 0.255 e. The Morgan fingerprint density at radius 3 is 2.58 bits per heavy atom. The van der Waals surface area contributed by atoms with Gasteiger partial charge in [0.05, 0.1) is 24.4 Å². The van der Waals surface area contributed by atoms with E-state index < -0.39 is 0 Å². The fourth-order valence-corrected chi connectivity index (χ4v) is 2.50. The molecule has 6 heteroatoms. The first-order valence-electron chi connectivity index (χ1n) is 7.62. The summed E-state index contributed by atoms with van der Waals surface area (Å²) in [6, 6.07) is 9.94. The quantitative estimate of drug-likeness (QED) is 0.663. The molecule has 0 bridgehead atoms. The number of methoxy groups -OCH3 is 1. The summed E-state index contributed by atoms with van der Waals surface area (Å²) in [6.07, 6.45) is 2.01. The minimum atomic E-state index is -0.294. The maximum Gasteiger partial charge on any atom is 0.255 e. The van der Waals surface area contributed by atoms with E-state index in [1.54, 1.807) is 43.5 Å². The van der Waals surface area contributed by atoms with Gasteiger partial charge in [-0.2, -0.15) is 0 Å². The molecule has 0 radical (unpaired) electrons. The standard InChI is InChI=1S/C18H19Cl2NO3/c1-3-4-9-24-16-8-5-12(10-17(16)23-2)18(22)21-15-7-6-13(19)11-14(15)20/h5-8,10-11H,3-4,9H2,1-2H3,(H,21,22). The van der Waals surface area contributed by atoms with Crippen LogP contribution in [-0.2, 0) is 0 Å². The van der Waals surface area contributed by atoms with Crippen molar-refractivity contribution in [3.05, 3.63) is 52.0 Å². The Morgan fingerprint density at radius 2 is 1.92 bits per heavy atom. The molecule has 0 saturated heterocycles. The highest BCUT2D eigenvalue weighted by Gasteiger charge is 2.13. The SMILES string of the molecule is CCCCOc1ccc(C(=O)Nc2ccc(Cl)cc2Cl)cc1OC. The molecule has 0 unspecified atom stereocenters. The van der Waals surface area contributed by atoms with E-state index in [-0.39, 0.29) is 5.91 Å². The number of hydrogen-bond acceptors (Lipinski definition) is 3. The van der Waals surface area contributed by atoms with E-state index in [0.29, 0.717) is 39.4 Å². The van der Waals surface area contributed by atoms with E-state index in [4.69, 9.17) is 32.7 Å². The molecule has 0 aliphatic carbocycles. The third-order valence-corrected chi connectivity index (χ3v) is 3.91. The molecule has 1 N–H and O–H groups in total. The van der Waals surface area contributed by atoms with Crippen LogP contribution in [0.15, 0.2) is 36.4 Å². The van der Waals surface area contributed by atoms with Crippen molar-refractivity contribution in [1.82, 2.24) is 0 Å². The van der Waals surface area contributed by atoms with E-state index in [0.717, 1.165) is 12.8 Å². The van der Waals surface area contributed by atoms with Crippen molar-refractivity contribution in [3.8, 4) is 11.5 Å². The van der Waals surface area contributed by atoms with Crippen molar-refractivity contribution >= 4 is 34.8 Å². The molecule has 0 spiro atoms.